The van der Waals surface area contributed by atoms with E-state index in [0.29, 0.717) is 17.9 Å². The Hall–Kier alpha value is -1.30. The maximum absolute atomic E-state index is 12.2. The van der Waals surface area contributed by atoms with Crippen molar-refractivity contribution in [1.29, 1.82) is 0 Å². The van der Waals surface area contributed by atoms with Crippen LogP contribution < -0.4 is 10.6 Å². The van der Waals surface area contributed by atoms with E-state index in [1.54, 1.807) is 0 Å². The number of aliphatic carboxylic acids is 1. The summed E-state index contributed by atoms with van der Waals surface area (Å²) in [5, 5.41) is 15.1. The molecule has 2 atom stereocenters. The van der Waals surface area contributed by atoms with Gasteiger partial charge in [0.1, 0.15) is 0 Å². The molecule has 2 fully saturated rings. The Morgan fingerprint density at radius 2 is 1.79 bits per heavy atom. The van der Waals surface area contributed by atoms with Crippen molar-refractivity contribution >= 4 is 12.0 Å². The molecule has 2 rings (SSSR count). The lowest BCUT2D eigenvalue weighted by Gasteiger charge is -2.42. The lowest BCUT2D eigenvalue weighted by molar-refractivity contribution is -0.139. The van der Waals surface area contributed by atoms with Gasteiger partial charge in [0.25, 0.3) is 0 Å². The maximum Gasteiger partial charge on any atom is 0.317 e. The van der Waals surface area contributed by atoms with Crippen LogP contribution in [0.25, 0.3) is 0 Å². The van der Waals surface area contributed by atoms with E-state index >= 15 is 0 Å². The van der Waals surface area contributed by atoms with Gasteiger partial charge in [-0.2, -0.15) is 0 Å². The number of amides is 2. The summed E-state index contributed by atoms with van der Waals surface area (Å²) in [6.07, 6.45) is 6.31. The monoisotopic (exact) mass is 339 g/mol. The molecule has 6 heteroatoms. The van der Waals surface area contributed by atoms with Crippen LogP contribution in [-0.4, -0.2) is 53.2 Å². The van der Waals surface area contributed by atoms with Crippen molar-refractivity contribution in [3.8, 4) is 0 Å². The SMILES string of the molecule is CCN(CC(=O)O)C1CC(NC(=O)NC2CCCC(C(C)C)C2)C1. The summed E-state index contributed by atoms with van der Waals surface area (Å²) in [6.45, 7) is 7.31. The van der Waals surface area contributed by atoms with Crippen LogP contribution in [0.3, 0.4) is 0 Å². The van der Waals surface area contributed by atoms with Gasteiger partial charge in [-0.05, 0) is 44.1 Å². The van der Waals surface area contributed by atoms with Gasteiger partial charge in [-0.15, -0.1) is 0 Å². The highest BCUT2D eigenvalue weighted by molar-refractivity contribution is 5.74. The molecule has 0 radical (unpaired) electrons. The molecular formula is C18H33N3O3. The van der Waals surface area contributed by atoms with E-state index in [0.717, 1.165) is 32.2 Å². The molecular weight excluding hydrogens is 306 g/mol. The molecule has 2 saturated carbocycles. The van der Waals surface area contributed by atoms with Crippen molar-refractivity contribution in [3.63, 3.8) is 0 Å². The second-order valence-corrected chi connectivity index (χ2v) is 7.76. The van der Waals surface area contributed by atoms with E-state index < -0.39 is 5.97 Å². The Labute approximate surface area is 145 Å². The molecule has 3 N–H and O–H groups in total. The molecule has 2 aliphatic rings. The number of hydrogen-bond donors (Lipinski definition) is 3. The molecule has 0 saturated heterocycles. The number of hydrogen-bond acceptors (Lipinski definition) is 3. The minimum Gasteiger partial charge on any atom is -0.480 e. The van der Waals surface area contributed by atoms with Gasteiger partial charge in [0.2, 0.25) is 0 Å². The molecule has 0 aromatic heterocycles. The summed E-state index contributed by atoms with van der Waals surface area (Å²) in [7, 11) is 0. The van der Waals surface area contributed by atoms with Gasteiger partial charge in [-0.25, -0.2) is 4.79 Å². The fourth-order valence-electron chi connectivity index (χ4n) is 4.05. The summed E-state index contributed by atoms with van der Waals surface area (Å²) in [5.74, 6) is 0.605. The summed E-state index contributed by atoms with van der Waals surface area (Å²) in [6, 6.07) is 0.675. The first-order chi connectivity index (χ1) is 11.4. The van der Waals surface area contributed by atoms with Gasteiger partial charge < -0.3 is 15.7 Å². The largest absolute Gasteiger partial charge is 0.480 e. The summed E-state index contributed by atoms with van der Waals surface area (Å²) >= 11 is 0. The van der Waals surface area contributed by atoms with E-state index in [1.165, 1.54) is 12.8 Å². The van der Waals surface area contributed by atoms with Crippen LogP contribution in [0, 0.1) is 11.8 Å². The van der Waals surface area contributed by atoms with Gasteiger partial charge in [0.05, 0.1) is 6.54 Å². The summed E-state index contributed by atoms with van der Waals surface area (Å²) in [5.41, 5.74) is 0. The van der Waals surface area contributed by atoms with Gasteiger partial charge in [0, 0.05) is 18.1 Å². The average Bonchev–Trinajstić information content (AvgIpc) is 2.48. The van der Waals surface area contributed by atoms with E-state index in [9.17, 15) is 9.59 Å². The zero-order valence-corrected chi connectivity index (χ0v) is 15.3. The zero-order chi connectivity index (χ0) is 17.7. The van der Waals surface area contributed by atoms with Crippen LogP contribution in [0.15, 0.2) is 0 Å². The third kappa shape index (κ3) is 5.36. The normalized spacial score (nSPS) is 30.0. The number of likely N-dealkylation sites (N-methyl/N-ethyl adjacent to an activating group) is 1. The van der Waals surface area contributed by atoms with Crippen molar-refractivity contribution in [2.24, 2.45) is 11.8 Å². The smallest absolute Gasteiger partial charge is 0.317 e. The van der Waals surface area contributed by atoms with Gasteiger partial charge in [-0.1, -0.05) is 33.6 Å². The van der Waals surface area contributed by atoms with Crippen molar-refractivity contribution in [1.82, 2.24) is 15.5 Å². The van der Waals surface area contributed by atoms with Crippen LogP contribution in [0.4, 0.5) is 4.79 Å². The molecule has 0 aromatic rings. The lowest BCUT2D eigenvalue weighted by Crippen LogP contribution is -2.57. The van der Waals surface area contributed by atoms with Crippen molar-refractivity contribution in [3.05, 3.63) is 0 Å². The average molecular weight is 339 g/mol. The molecule has 2 aliphatic carbocycles. The fourth-order valence-corrected chi connectivity index (χ4v) is 4.05. The highest BCUT2D eigenvalue weighted by Crippen LogP contribution is 2.30. The third-order valence-electron chi connectivity index (χ3n) is 5.70. The number of urea groups is 1. The maximum atomic E-state index is 12.2. The first-order valence-corrected chi connectivity index (χ1v) is 9.41. The van der Waals surface area contributed by atoms with Crippen LogP contribution in [0.5, 0.6) is 0 Å². The van der Waals surface area contributed by atoms with Gasteiger partial charge in [0.15, 0.2) is 0 Å². The second-order valence-electron chi connectivity index (χ2n) is 7.76. The molecule has 2 unspecified atom stereocenters. The number of carbonyl (C=O) groups is 2. The highest BCUT2D eigenvalue weighted by Gasteiger charge is 2.35. The first kappa shape index (κ1) is 19.0. The van der Waals surface area contributed by atoms with E-state index in [1.807, 2.05) is 11.8 Å². The van der Waals surface area contributed by atoms with E-state index in [-0.39, 0.29) is 24.7 Å². The van der Waals surface area contributed by atoms with Gasteiger partial charge in [-0.3, -0.25) is 9.69 Å². The summed E-state index contributed by atoms with van der Waals surface area (Å²) < 4.78 is 0. The Balaban J connectivity index is 1.68. The van der Waals surface area contributed by atoms with Crippen molar-refractivity contribution in [2.75, 3.05) is 13.1 Å². The van der Waals surface area contributed by atoms with Crippen LogP contribution >= 0.6 is 0 Å². The van der Waals surface area contributed by atoms with Crippen molar-refractivity contribution < 1.29 is 14.7 Å². The Kier molecular flexibility index (Phi) is 6.90. The number of carbonyl (C=O) groups excluding carboxylic acids is 1. The third-order valence-corrected chi connectivity index (χ3v) is 5.70. The van der Waals surface area contributed by atoms with Crippen LogP contribution in [0.2, 0.25) is 0 Å². The number of rotatable bonds is 7. The minimum atomic E-state index is -0.789. The lowest BCUT2D eigenvalue weighted by atomic mass is 9.79. The Morgan fingerprint density at radius 3 is 2.38 bits per heavy atom. The number of carboxylic acid groups (broad SMARTS) is 1. The quantitative estimate of drug-likeness (QED) is 0.665. The van der Waals surface area contributed by atoms with Crippen LogP contribution in [-0.2, 0) is 4.79 Å². The van der Waals surface area contributed by atoms with E-state index in [4.69, 9.17) is 5.11 Å². The molecule has 2 amide bonds. The zero-order valence-electron chi connectivity index (χ0n) is 15.3. The van der Waals surface area contributed by atoms with E-state index in [2.05, 4.69) is 24.5 Å². The molecule has 0 aromatic carbocycles. The summed E-state index contributed by atoms with van der Waals surface area (Å²) in [4.78, 5) is 25.0. The molecule has 138 valence electrons. The molecule has 6 nitrogen and oxygen atoms in total. The molecule has 0 heterocycles. The molecule has 0 spiro atoms. The predicted octanol–water partition coefficient (Wildman–Crippen LogP) is 2.44. The standard InChI is InChI=1S/C18H33N3O3/c1-4-21(11-17(22)23)16-9-15(10-16)20-18(24)19-14-7-5-6-13(8-14)12(2)3/h12-16H,4-11H2,1-3H3,(H,22,23)(H2,19,20,24). The predicted molar refractivity (Wildman–Crippen MR) is 93.9 cm³/mol. The fraction of sp³-hybridized carbons (Fsp3) is 0.889. The Morgan fingerprint density at radius 1 is 1.12 bits per heavy atom. The molecule has 0 aliphatic heterocycles. The van der Waals surface area contributed by atoms with Crippen molar-refractivity contribution in [2.45, 2.75) is 77.4 Å². The number of nitrogens with one attached hydrogen (secondary N) is 2. The minimum absolute atomic E-state index is 0.0610. The van der Waals surface area contributed by atoms with Gasteiger partial charge >= 0.3 is 12.0 Å². The van der Waals surface area contributed by atoms with Crippen LogP contribution in [0.1, 0.15) is 59.3 Å². The molecule has 0 bridgehead atoms. The number of nitrogens with zero attached hydrogens (tertiary/aromatic N) is 1. The second kappa shape index (κ2) is 8.70. The molecule has 24 heavy (non-hydrogen) atoms. The number of carboxylic acids is 1. The highest BCUT2D eigenvalue weighted by atomic mass is 16.4. The first-order valence-electron chi connectivity index (χ1n) is 9.41. The topological polar surface area (TPSA) is 81.7 Å². The Bertz CT molecular complexity index is 435.